The van der Waals surface area contributed by atoms with Crippen molar-refractivity contribution in [2.24, 2.45) is 18.4 Å². The first-order valence-corrected chi connectivity index (χ1v) is 19.6. The van der Waals surface area contributed by atoms with Crippen molar-refractivity contribution in [1.29, 1.82) is 0 Å². The van der Waals surface area contributed by atoms with Crippen molar-refractivity contribution in [2.45, 2.75) is 44.8 Å². The molecule has 2 aromatic heterocycles. The highest BCUT2D eigenvalue weighted by molar-refractivity contribution is 7.13. The van der Waals surface area contributed by atoms with Gasteiger partial charge in [0.2, 0.25) is 11.8 Å². The van der Waals surface area contributed by atoms with E-state index in [2.05, 4.69) is 30.5 Å². The van der Waals surface area contributed by atoms with Crippen LogP contribution >= 0.6 is 11.5 Å². The zero-order valence-electron chi connectivity index (χ0n) is 30.9. The van der Waals surface area contributed by atoms with Gasteiger partial charge >= 0.3 is 0 Å². The van der Waals surface area contributed by atoms with Gasteiger partial charge in [0.1, 0.15) is 22.2 Å². The SMILES string of the molecule is COc1cc(-c2cn(C)c(=O)c3sncc23)cc(OC)c1CN1CC(CN2CCC3(CC2)CN(c2ccc4c(c2)C(=O)N(C2CCC(=O)NC2=O)C4)C3)C1. The van der Waals surface area contributed by atoms with E-state index in [0.717, 1.165) is 97.2 Å². The molecule has 1 spiro atoms. The van der Waals surface area contributed by atoms with Crippen LogP contribution in [0.15, 0.2) is 47.5 Å². The van der Waals surface area contributed by atoms with E-state index in [0.29, 0.717) is 34.6 Å². The molecule has 0 radical (unpaired) electrons. The molecule has 1 N–H and O–H groups in total. The molecular weight excluding hydrogens is 707 g/mol. The average molecular weight is 752 g/mol. The number of nitrogens with zero attached hydrogens (tertiary/aromatic N) is 6. The highest BCUT2D eigenvalue weighted by atomic mass is 32.1. The predicted octanol–water partition coefficient (Wildman–Crippen LogP) is 3.47. The van der Waals surface area contributed by atoms with Crippen molar-refractivity contribution in [1.82, 2.24) is 29.0 Å². The van der Waals surface area contributed by atoms with Gasteiger partial charge in [0.25, 0.3) is 11.5 Å². The van der Waals surface area contributed by atoms with Gasteiger partial charge in [-0.1, -0.05) is 6.07 Å². The van der Waals surface area contributed by atoms with E-state index in [1.807, 2.05) is 30.5 Å². The Balaban J connectivity index is 0.768. The molecule has 2 aromatic carbocycles. The van der Waals surface area contributed by atoms with Crippen LogP contribution in [0.5, 0.6) is 11.5 Å². The molecule has 9 rings (SSSR count). The van der Waals surface area contributed by atoms with Crippen LogP contribution in [-0.2, 0) is 29.7 Å². The van der Waals surface area contributed by atoms with Gasteiger partial charge in [-0.15, -0.1) is 0 Å². The zero-order chi connectivity index (χ0) is 37.3. The molecule has 4 fully saturated rings. The number of hydrogen-bond acceptors (Lipinski definition) is 11. The Labute approximate surface area is 317 Å². The second-order valence-corrected chi connectivity index (χ2v) is 16.6. The lowest BCUT2D eigenvalue weighted by Crippen LogP contribution is -2.61. The Morgan fingerprint density at radius 3 is 2.41 bits per heavy atom. The van der Waals surface area contributed by atoms with Gasteiger partial charge in [-0.05, 0) is 85.2 Å². The number of methoxy groups -OCH3 is 2. The van der Waals surface area contributed by atoms with E-state index in [4.69, 9.17) is 9.47 Å². The number of imide groups is 1. The molecule has 1 atom stereocenters. The van der Waals surface area contributed by atoms with E-state index in [-0.39, 0.29) is 29.7 Å². The minimum Gasteiger partial charge on any atom is -0.496 e. The molecule has 14 heteroatoms. The van der Waals surface area contributed by atoms with Gasteiger partial charge < -0.3 is 28.7 Å². The van der Waals surface area contributed by atoms with Crippen LogP contribution in [0.1, 0.15) is 47.2 Å². The van der Waals surface area contributed by atoms with E-state index >= 15 is 0 Å². The van der Waals surface area contributed by atoms with Crippen LogP contribution in [0.3, 0.4) is 0 Å². The van der Waals surface area contributed by atoms with Crippen molar-refractivity contribution >= 4 is 45.0 Å². The Hall–Kier alpha value is -4.79. The van der Waals surface area contributed by atoms with Gasteiger partial charge in [-0.25, -0.2) is 0 Å². The lowest BCUT2D eigenvalue weighted by atomic mass is 9.71. The average Bonchev–Trinajstić information content (AvgIpc) is 3.76. The third-order valence-corrected chi connectivity index (χ3v) is 13.2. The van der Waals surface area contributed by atoms with Crippen molar-refractivity contribution in [3.05, 3.63) is 69.8 Å². The summed E-state index contributed by atoms with van der Waals surface area (Å²) in [7, 11) is 5.15. The smallest absolute Gasteiger partial charge is 0.269 e. The molecule has 3 amide bonds. The number of anilines is 1. The Kier molecular flexibility index (Phi) is 8.74. The number of hydrogen-bond donors (Lipinski definition) is 1. The van der Waals surface area contributed by atoms with Crippen LogP contribution in [0, 0.1) is 11.3 Å². The fourth-order valence-electron chi connectivity index (χ4n) is 9.31. The highest BCUT2D eigenvalue weighted by Crippen LogP contribution is 2.44. The standard InChI is InChI=1S/C40H45N7O6S/c1-43-20-30(29-15-41-54-36(29)39(43)51)26-12-33(52-2)31(34(13-26)53-3)21-45-17-24(18-45)16-44-10-8-40(9-11-44)22-46(23-40)27-5-4-25-19-47(38(50)28(25)14-27)32-6-7-35(48)42-37(32)49/h4-5,12-15,20,24,32H,6-11,16-19,21-23H2,1-3H3,(H,42,48,49). The largest absolute Gasteiger partial charge is 0.496 e. The first-order chi connectivity index (χ1) is 26.1. The van der Waals surface area contributed by atoms with Crippen LogP contribution in [0.2, 0.25) is 0 Å². The number of nitrogens with one attached hydrogen (secondary N) is 1. The van der Waals surface area contributed by atoms with Crippen LogP contribution < -0.4 is 25.2 Å². The molecule has 0 saturated carbocycles. The van der Waals surface area contributed by atoms with E-state index < -0.39 is 6.04 Å². The Morgan fingerprint density at radius 1 is 0.963 bits per heavy atom. The highest BCUT2D eigenvalue weighted by Gasteiger charge is 2.46. The monoisotopic (exact) mass is 751 g/mol. The minimum absolute atomic E-state index is 0.0489. The number of aromatic nitrogens is 2. The molecule has 5 aliphatic rings. The topological polar surface area (TPSA) is 130 Å². The fraction of sp³-hybridized carbons (Fsp3) is 0.475. The number of fused-ring (bicyclic) bond motifs is 2. The molecule has 4 aromatic rings. The second kappa shape index (κ2) is 13.5. The van der Waals surface area contributed by atoms with Crippen LogP contribution in [-0.4, -0.2) is 107 Å². The van der Waals surface area contributed by atoms with Crippen molar-refractivity contribution in [3.63, 3.8) is 0 Å². The van der Waals surface area contributed by atoms with Gasteiger partial charge in [-0.2, -0.15) is 4.37 Å². The molecule has 4 saturated heterocycles. The number of rotatable bonds is 9. The number of ether oxygens (including phenoxy) is 2. The molecule has 0 bridgehead atoms. The zero-order valence-corrected chi connectivity index (χ0v) is 31.7. The van der Waals surface area contributed by atoms with Gasteiger partial charge in [0.05, 0.1) is 19.8 Å². The Bertz CT molecular complexity index is 2200. The summed E-state index contributed by atoms with van der Waals surface area (Å²) in [5, 5.41) is 3.22. The summed E-state index contributed by atoms with van der Waals surface area (Å²) >= 11 is 1.22. The van der Waals surface area contributed by atoms with E-state index in [1.165, 1.54) is 24.4 Å². The molecule has 282 valence electrons. The maximum absolute atomic E-state index is 13.3. The molecule has 1 unspecified atom stereocenters. The summed E-state index contributed by atoms with van der Waals surface area (Å²) in [5.74, 6) is 1.41. The molecule has 0 aliphatic carbocycles. The minimum atomic E-state index is -0.590. The maximum Gasteiger partial charge on any atom is 0.269 e. The normalized spacial score (nSPS) is 21.7. The number of aryl methyl sites for hydroxylation is 1. The summed E-state index contributed by atoms with van der Waals surface area (Å²) in [4.78, 5) is 59.1. The van der Waals surface area contributed by atoms with Crippen molar-refractivity contribution < 1.29 is 23.9 Å². The third kappa shape index (κ3) is 6.04. The van der Waals surface area contributed by atoms with Gasteiger partial charge in [-0.3, -0.25) is 29.4 Å². The number of pyridine rings is 1. The van der Waals surface area contributed by atoms with E-state index in [1.54, 1.807) is 36.9 Å². The number of carbonyl (C=O) groups excluding carboxylic acids is 3. The lowest BCUT2D eigenvalue weighted by Gasteiger charge is -2.55. The predicted molar refractivity (Wildman–Crippen MR) is 205 cm³/mol. The number of amides is 3. The number of piperidine rings is 2. The quantitative estimate of drug-likeness (QED) is 0.254. The summed E-state index contributed by atoms with van der Waals surface area (Å²) in [6.07, 6.45) is 6.60. The summed E-state index contributed by atoms with van der Waals surface area (Å²) in [5.41, 5.74) is 5.84. The van der Waals surface area contributed by atoms with Crippen molar-refractivity contribution in [3.8, 4) is 22.6 Å². The van der Waals surface area contributed by atoms with Gasteiger partial charge in [0.15, 0.2) is 0 Å². The molecule has 13 nitrogen and oxygen atoms in total. The molecular formula is C40H45N7O6S. The second-order valence-electron chi connectivity index (χ2n) is 15.8. The first-order valence-electron chi connectivity index (χ1n) is 18.8. The van der Waals surface area contributed by atoms with Crippen molar-refractivity contribution in [2.75, 3.05) is 64.9 Å². The molecule has 5 aliphatic heterocycles. The number of carbonyl (C=O) groups is 3. The van der Waals surface area contributed by atoms with Crippen LogP contribution in [0.25, 0.3) is 21.2 Å². The number of likely N-dealkylation sites (tertiary alicyclic amines) is 2. The maximum atomic E-state index is 13.3. The first kappa shape index (κ1) is 34.9. The lowest BCUT2D eigenvalue weighted by molar-refractivity contribution is -0.136. The summed E-state index contributed by atoms with van der Waals surface area (Å²) in [6.45, 7) is 8.54. The third-order valence-electron chi connectivity index (χ3n) is 12.4. The summed E-state index contributed by atoms with van der Waals surface area (Å²) < 4.78 is 18.3. The Morgan fingerprint density at radius 2 is 1.70 bits per heavy atom. The molecule has 54 heavy (non-hydrogen) atoms. The fourth-order valence-corrected chi connectivity index (χ4v) is 10.1. The molecule has 7 heterocycles. The number of benzene rings is 2. The summed E-state index contributed by atoms with van der Waals surface area (Å²) in [6, 6.07) is 9.63. The van der Waals surface area contributed by atoms with Crippen LogP contribution in [0.4, 0.5) is 5.69 Å². The van der Waals surface area contributed by atoms with Gasteiger partial charge in [0, 0.05) is 99.3 Å². The van der Waals surface area contributed by atoms with E-state index in [9.17, 15) is 19.2 Å².